The van der Waals surface area contributed by atoms with Crippen LogP contribution >= 0.6 is 12.4 Å². The van der Waals surface area contributed by atoms with Crippen molar-refractivity contribution in [1.82, 2.24) is 15.5 Å². The smallest absolute Gasteiger partial charge is 0.234 e. The van der Waals surface area contributed by atoms with Crippen molar-refractivity contribution in [3.8, 4) is 5.75 Å². The molecule has 1 aromatic rings. The lowest BCUT2D eigenvalue weighted by Gasteiger charge is -2.46. The molecule has 2 aliphatic rings. The number of fused-ring (bicyclic) bond motifs is 1. The van der Waals surface area contributed by atoms with Gasteiger partial charge in [-0.25, -0.2) is 0 Å². The molecule has 3 rings (SSSR count). The number of likely N-dealkylation sites (N-methyl/N-ethyl adjacent to an activating group) is 1. The highest BCUT2D eigenvalue weighted by molar-refractivity contribution is 5.85. The zero-order valence-corrected chi connectivity index (χ0v) is 14.6. The number of carbonyl (C=O) groups is 1. The van der Waals surface area contributed by atoms with E-state index in [1.807, 2.05) is 18.2 Å². The van der Waals surface area contributed by atoms with E-state index in [9.17, 15) is 4.79 Å². The van der Waals surface area contributed by atoms with Gasteiger partial charge in [0.15, 0.2) is 0 Å². The molecule has 128 valence electrons. The molecule has 0 radical (unpaired) electrons. The summed E-state index contributed by atoms with van der Waals surface area (Å²) in [6, 6.07) is 8.12. The quantitative estimate of drug-likeness (QED) is 0.880. The first kappa shape index (κ1) is 18.0. The van der Waals surface area contributed by atoms with E-state index in [4.69, 9.17) is 4.74 Å². The van der Waals surface area contributed by atoms with E-state index in [1.165, 1.54) is 0 Å². The Labute approximate surface area is 144 Å². The number of para-hydroxylation sites is 1. The standard InChI is InChI=1S/C17H25N3O2.ClH/c1-18-12-16(21)19-14-11-17(7-9-20(2)10-8-17)22-15-6-4-3-5-13(14)15;/h3-6,14,18H,7-12H2,1-2H3,(H,19,21);1H. The van der Waals surface area contributed by atoms with Crippen molar-refractivity contribution in [3.05, 3.63) is 29.8 Å². The summed E-state index contributed by atoms with van der Waals surface area (Å²) in [5.74, 6) is 0.959. The number of likely N-dealkylation sites (tertiary alicyclic amines) is 1. The Morgan fingerprint density at radius 2 is 2.04 bits per heavy atom. The first-order valence-electron chi connectivity index (χ1n) is 8.02. The molecule has 1 fully saturated rings. The maximum Gasteiger partial charge on any atom is 0.234 e. The minimum Gasteiger partial charge on any atom is -0.487 e. The molecule has 0 aliphatic carbocycles. The monoisotopic (exact) mass is 339 g/mol. The van der Waals surface area contributed by atoms with Gasteiger partial charge >= 0.3 is 0 Å². The highest BCUT2D eigenvalue weighted by atomic mass is 35.5. The van der Waals surface area contributed by atoms with Crippen LogP contribution in [0.3, 0.4) is 0 Å². The predicted octanol–water partition coefficient (Wildman–Crippen LogP) is 1.73. The summed E-state index contributed by atoms with van der Waals surface area (Å²) in [4.78, 5) is 14.4. The van der Waals surface area contributed by atoms with Gasteiger partial charge in [-0.15, -0.1) is 12.4 Å². The third-order valence-corrected chi connectivity index (χ3v) is 4.77. The lowest BCUT2D eigenvalue weighted by Crippen LogP contribution is -2.52. The third-order valence-electron chi connectivity index (χ3n) is 4.77. The molecule has 1 saturated heterocycles. The van der Waals surface area contributed by atoms with Crippen molar-refractivity contribution < 1.29 is 9.53 Å². The molecule has 1 amide bonds. The Bertz CT molecular complexity index is 544. The van der Waals surface area contributed by atoms with Crippen LogP contribution in [0.2, 0.25) is 0 Å². The van der Waals surface area contributed by atoms with Gasteiger partial charge in [-0.3, -0.25) is 4.79 Å². The van der Waals surface area contributed by atoms with Crippen LogP contribution in [0.25, 0.3) is 0 Å². The molecule has 0 bridgehead atoms. The van der Waals surface area contributed by atoms with E-state index < -0.39 is 0 Å². The molecule has 1 aromatic carbocycles. The molecule has 1 atom stereocenters. The van der Waals surface area contributed by atoms with Crippen LogP contribution in [-0.4, -0.2) is 50.1 Å². The molecule has 0 aromatic heterocycles. The number of benzene rings is 1. The summed E-state index contributed by atoms with van der Waals surface area (Å²) in [5, 5.41) is 6.07. The molecule has 2 heterocycles. The zero-order chi connectivity index (χ0) is 15.6. The summed E-state index contributed by atoms with van der Waals surface area (Å²) in [6.07, 6.45) is 2.87. The van der Waals surface area contributed by atoms with Crippen LogP contribution in [-0.2, 0) is 4.79 Å². The van der Waals surface area contributed by atoms with Gasteiger partial charge in [0, 0.05) is 25.1 Å². The molecule has 5 nitrogen and oxygen atoms in total. The van der Waals surface area contributed by atoms with Gasteiger partial charge < -0.3 is 20.3 Å². The maximum atomic E-state index is 12.0. The van der Waals surface area contributed by atoms with Crippen molar-refractivity contribution in [2.75, 3.05) is 33.7 Å². The van der Waals surface area contributed by atoms with Crippen LogP contribution in [0.4, 0.5) is 0 Å². The second-order valence-electron chi connectivity index (χ2n) is 6.48. The molecule has 0 saturated carbocycles. The number of nitrogens with zero attached hydrogens (tertiary/aromatic N) is 1. The molecule has 2 N–H and O–H groups in total. The number of carbonyl (C=O) groups excluding carboxylic acids is 1. The zero-order valence-electron chi connectivity index (χ0n) is 13.8. The molecular weight excluding hydrogens is 314 g/mol. The topological polar surface area (TPSA) is 53.6 Å². The number of rotatable bonds is 3. The van der Waals surface area contributed by atoms with Gasteiger partial charge in [-0.1, -0.05) is 18.2 Å². The molecular formula is C17H26ClN3O2. The van der Waals surface area contributed by atoms with Crippen LogP contribution in [0, 0.1) is 0 Å². The minimum atomic E-state index is -0.140. The maximum absolute atomic E-state index is 12.0. The number of hydrogen-bond acceptors (Lipinski definition) is 4. The normalized spacial score (nSPS) is 22.6. The van der Waals surface area contributed by atoms with E-state index in [2.05, 4.69) is 28.6 Å². The van der Waals surface area contributed by atoms with Crippen molar-refractivity contribution in [2.45, 2.75) is 30.9 Å². The average molecular weight is 340 g/mol. The van der Waals surface area contributed by atoms with Gasteiger partial charge in [0.1, 0.15) is 11.4 Å². The Balaban J connectivity index is 0.00000192. The van der Waals surface area contributed by atoms with Crippen LogP contribution in [0.5, 0.6) is 5.75 Å². The molecule has 6 heteroatoms. The number of halogens is 1. The Morgan fingerprint density at radius 3 is 2.74 bits per heavy atom. The van der Waals surface area contributed by atoms with E-state index >= 15 is 0 Å². The molecule has 1 spiro atoms. The summed E-state index contributed by atoms with van der Waals surface area (Å²) < 4.78 is 6.39. The lowest BCUT2D eigenvalue weighted by atomic mass is 9.80. The predicted molar refractivity (Wildman–Crippen MR) is 93.2 cm³/mol. The number of ether oxygens (including phenoxy) is 1. The lowest BCUT2D eigenvalue weighted by molar-refractivity contribution is -0.121. The molecule has 2 aliphatic heterocycles. The third kappa shape index (κ3) is 3.97. The van der Waals surface area contributed by atoms with Gasteiger partial charge in [0.2, 0.25) is 5.91 Å². The second-order valence-corrected chi connectivity index (χ2v) is 6.48. The van der Waals surface area contributed by atoms with Crippen LogP contribution < -0.4 is 15.4 Å². The first-order valence-corrected chi connectivity index (χ1v) is 8.02. The average Bonchev–Trinajstić information content (AvgIpc) is 2.51. The number of piperidine rings is 1. The summed E-state index contributed by atoms with van der Waals surface area (Å²) in [5.41, 5.74) is 0.954. The first-order chi connectivity index (χ1) is 10.6. The van der Waals surface area contributed by atoms with Gasteiger partial charge in [-0.05, 0) is 33.0 Å². The summed E-state index contributed by atoms with van der Waals surface area (Å²) >= 11 is 0. The fraction of sp³-hybridized carbons (Fsp3) is 0.588. The number of hydrogen-bond donors (Lipinski definition) is 2. The largest absolute Gasteiger partial charge is 0.487 e. The molecule has 1 unspecified atom stereocenters. The minimum absolute atomic E-state index is 0. The van der Waals surface area contributed by atoms with Crippen LogP contribution in [0.15, 0.2) is 24.3 Å². The highest BCUT2D eigenvalue weighted by Gasteiger charge is 2.43. The van der Waals surface area contributed by atoms with Gasteiger partial charge in [0.25, 0.3) is 0 Å². The fourth-order valence-corrected chi connectivity index (χ4v) is 3.49. The summed E-state index contributed by atoms with van der Waals surface area (Å²) in [6.45, 7) is 2.42. The SMILES string of the molecule is CNCC(=O)NC1CC2(CCN(C)CC2)Oc2ccccc21.Cl. The number of amides is 1. The number of nitrogens with one attached hydrogen (secondary N) is 2. The van der Waals surface area contributed by atoms with Gasteiger partial charge in [0.05, 0.1) is 12.6 Å². The Morgan fingerprint density at radius 1 is 1.35 bits per heavy atom. The molecule has 23 heavy (non-hydrogen) atoms. The van der Waals surface area contributed by atoms with Crippen molar-refractivity contribution in [3.63, 3.8) is 0 Å². The highest BCUT2D eigenvalue weighted by Crippen LogP contribution is 2.43. The van der Waals surface area contributed by atoms with E-state index in [1.54, 1.807) is 7.05 Å². The second kappa shape index (κ2) is 7.51. The van der Waals surface area contributed by atoms with Crippen molar-refractivity contribution >= 4 is 18.3 Å². The van der Waals surface area contributed by atoms with Crippen LogP contribution in [0.1, 0.15) is 30.9 Å². The van der Waals surface area contributed by atoms with E-state index in [0.717, 1.165) is 43.7 Å². The Kier molecular flexibility index (Phi) is 5.89. The van der Waals surface area contributed by atoms with Crippen molar-refractivity contribution in [1.29, 1.82) is 0 Å². The van der Waals surface area contributed by atoms with E-state index in [0.29, 0.717) is 6.54 Å². The van der Waals surface area contributed by atoms with Gasteiger partial charge in [-0.2, -0.15) is 0 Å². The Hall–Kier alpha value is -1.30. The fourth-order valence-electron chi connectivity index (χ4n) is 3.49. The van der Waals surface area contributed by atoms with Crippen molar-refractivity contribution in [2.24, 2.45) is 0 Å². The summed E-state index contributed by atoms with van der Waals surface area (Å²) in [7, 11) is 3.94. The van der Waals surface area contributed by atoms with E-state index in [-0.39, 0.29) is 30.0 Å².